The van der Waals surface area contributed by atoms with Gasteiger partial charge in [0.25, 0.3) is 0 Å². The molecular formula is C18H25FN2O3. The Labute approximate surface area is 142 Å². The number of likely N-dealkylation sites (tertiary alicyclic amines) is 1. The van der Waals surface area contributed by atoms with Crippen molar-refractivity contribution in [2.75, 3.05) is 13.7 Å². The number of hydrogen-bond acceptors (Lipinski definition) is 3. The molecule has 1 heterocycles. The maximum absolute atomic E-state index is 13.7. The molecule has 1 aliphatic heterocycles. The van der Waals surface area contributed by atoms with Gasteiger partial charge < -0.3 is 15.4 Å². The van der Waals surface area contributed by atoms with E-state index in [4.69, 9.17) is 10.5 Å². The van der Waals surface area contributed by atoms with Gasteiger partial charge in [-0.2, -0.15) is 0 Å². The Morgan fingerprint density at radius 3 is 2.75 bits per heavy atom. The van der Waals surface area contributed by atoms with Crippen molar-refractivity contribution in [2.24, 2.45) is 11.7 Å². The Morgan fingerprint density at radius 2 is 2.12 bits per heavy atom. The minimum absolute atomic E-state index is 0.0300. The molecule has 0 aromatic heterocycles. The summed E-state index contributed by atoms with van der Waals surface area (Å²) in [5, 5.41) is 0. The molecule has 132 valence electrons. The van der Waals surface area contributed by atoms with Crippen LogP contribution in [0.5, 0.6) is 5.75 Å². The molecule has 1 aromatic carbocycles. The van der Waals surface area contributed by atoms with E-state index in [2.05, 4.69) is 0 Å². The summed E-state index contributed by atoms with van der Waals surface area (Å²) >= 11 is 0. The molecule has 6 heteroatoms. The standard InChI is InChI=1S/C18H25FN2O3/c1-12-6-8-14(18(20)23)11-21(12)17(22)5-3-4-13-7-9-16(24-2)15(19)10-13/h7,9-10,12,14H,3-6,8,11H2,1-2H3,(H2,20,23)/t12-,14+/m0/s1. The van der Waals surface area contributed by atoms with Crippen LogP contribution in [-0.2, 0) is 16.0 Å². The summed E-state index contributed by atoms with van der Waals surface area (Å²) in [5.74, 6) is -0.735. The minimum atomic E-state index is -0.393. The van der Waals surface area contributed by atoms with Gasteiger partial charge in [-0.1, -0.05) is 6.07 Å². The average Bonchev–Trinajstić information content (AvgIpc) is 2.55. The number of carbonyl (C=O) groups is 2. The van der Waals surface area contributed by atoms with Crippen molar-refractivity contribution < 1.29 is 18.7 Å². The molecule has 2 amide bonds. The van der Waals surface area contributed by atoms with Gasteiger partial charge in [-0.05, 0) is 50.3 Å². The summed E-state index contributed by atoms with van der Waals surface area (Å²) in [4.78, 5) is 25.5. The van der Waals surface area contributed by atoms with Crippen molar-refractivity contribution in [1.82, 2.24) is 4.90 Å². The van der Waals surface area contributed by atoms with Crippen molar-refractivity contribution in [1.29, 1.82) is 0 Å². The molecule has 0 spiro atoms. The first-order valence-electron chi connectivity index (χ1n) is 8.33. The number of carbonyl (C=O) groups excluding carboxylic acids is 2. The van der Waals surface area contributed by atoms with Crippen molar-refractivity contribution >= 4 is 11.8 Å². The molecule has 0 bridgehead atoms. The fraction of sp³-hybridized carbons (Fsp3) is 0.556. The predicted molar refractivity (Wildman–Crippen MR) is 89.0 cm³/mol. The first kappa shape index (κ1) is 18.2. The van der Waals surface area contributed by atoms with Crippen LogP contribution in [0.2, 0.25) is 0 Å². The van der Waals surface area contributed by atoms with E-state index in [0.29, 0.717) is 25.8 Å². The van der Waals surface area contributed by atoms with Crippen molar-refractivity contribution in [3.8, 4) is 5.75 Å². The molecule has 1 saturated heterocycles. The number of aryl methyl sites for hydroxylation is 1. The highest BCUT2D eigenvalue weighted by molar-refractivity contribution is 5.80. The van der Waals surface area contributed by atoms with Crippen molar-refractivity contribution in [3.05, 3.63) is 29.6 Å². The summed E-state index contributed by atoms with van der Waals surface area (Å²) < 4.78 is 18.5. The Bertz CT molecular complexity index is 606. The van der Waals surface area contributed by atoms with Gasteiger partial charge in [0.2, 0.25) is 11.8 Å². The van der Waals surface area contributed by atoms with E-state index in [9.17, 15) is 14.0 Å². The highest BCUT2D eigenvalue weighted by Crippen LogP contribution is 2.23. The lowest BCUT2D eigenvalue weighted by molar-refractivity contribution is -0.137. The molecule has 1 aromatic rings. The van der Waals surface area contributed by atoms with Gasteiger partial charge in [0.15, 0.2) is 11.6 Å². The third-order valence-electron chi connectivity index (χ3n) is 4.68. The third-order valence-corrected chi connectivity index (χ3v) is 4.68. The highest BCUT2D eigenvalue weighted by atomic mass is 19.1. The number of amides is 2. The number of methoxy groups -OCH3 is 1. The minimum Gasteiger partial charge on any atom is -0.494 e. The van der Waals surface area contributed by atoms with E-state index < -0.39 is 5.82 Å². The van der Waals surface area contributed by atoms with Crippen LogP contribution in [0.25, 0.3) is 0 Å². The second kappa shape index (κ2) is 8.13. The van der Waals surface area contributed by atoms with Crippen LogP contribution in [0.1, 0.15) is 38.2 Å². The normalized spacial score (nSPS) is 20.7. The van der Waals surface area contributed by atoms with Crippen LogP contribution in [0.3, 0.4) is 0 Å². The number of nitrogens with zero attached hydrogens (tertiary/aromatic N) is 1. The molecule has 0 aliphatic carbocycles. The van der Waals surface area contributed by atoms with Crippen LogP contribution in [0, 0.1) is 11.7 Å². The van der Waals surface area contributed by atoms with E-state index >= 15 is 0 Å². The molecule has 0 saturated carbocycles. The fourth-order valence-electron chi connectivity index (χ4n) is 3.14. The van der Waals surface area contributed by atoms with Gasteiger partial charge in [0.1, 0.15) is 0 Å². The van der Waals surface area contributed by atoms with E-state index in [-0.39, 0.29) is 29.5 Å². The monoisotopic (exact) mass is 336 g/mol. The second-order valence-corrected chi connectivity index (χ2v) is 6.39. The smallest absolute Gasteiger partial charge is 0.222 e. The number of hydrogen-bond donors (Lipinski definition) is 1. The van der Waals surface area contributed by atoms with E-state index in [0.717, 1.165) is 18.4 Å². The zero-order chi connectivity index (χ0) is 17.7. The molecule has 2 atom stereocenters. The quantitative estimate of drug-likeness (QED) is 0.866. The van der Waals surface area contributed by atoms with E-state index in [1.165, 1.54) is 13.2 Å². The maximum atomic E-state index is 13.7. The zero-order valence-electron chi connectivity index (χ0n) is 14.3. The first-order chi connectivity index (χ1) is 11.4. The Morgan fingerprint density at radius 1 is 1.38 bits per heavy atom. The summed E-state index contributed by atoms with van der Waals surface area (Å²) in [6.45, 7) is 2.40. The Hall–Kier alpha value is -2.11. The summed E-state index contributed by atoms with van der Waals surface area (Å²) in [5.41, 5.74) is 6.20. The largest absolute Gasteiger partial charge is 0.494 e. The highest BCUT2D eigenvalue weighted by Gasteiger charge is 2.31. The van der Waals surface area contributed by atoms with Gasteiger partial charge in [-0.25, -0.2) is 4.39 Å². The van der Waals surface area contributed by atoms with Crippen LogP contribution < -0.4 is 10.5 Å². The number of piperidine rings is 1. The van der Waals surface area contributed by atoms with Crippen LogP contribution in [-0.4, -0.2) is 36.4 Å². The van der Waals surface area contributed by atoms with E-state index in [1.807, 2.05) is 6.92 Å². The second-order valence-electron chi connectivity index (χ2n) is 6.39. The molecule has 1 aliphatic rings. The number of ether oxygens (including phenoxy) is 1. The van der Waals surface area contributed by atoms with Gasteiger partial charge in [0.05, 0.1) is 13.0 Å². The van der Waals surface area contributed by atoms with Gasteiger partial charge >= 0.3 is 0 Å². The van der Waals surface area contributed by atoms with Gasteiger partial charge in [-0.3, -0.25) is 9.59 Å². The number of rotatable bonds is 6. The summed E-state index contributed by atoms with van der Waals surface area (Å²) in [7, 11) is 1.43. The van der Waals surface area contributed by atoms with Gasteiger partial charge in [0, 0.05) is 19.0 Å². The molecule has 1 fully saturated rings. The molecule has 5 nitrogen and oxygen atoms in total. The lowest BCUT2D eigenvalue weighted by Gasteiger charge is -2.37. The third kappa shape index (κ3) is 4.46. The molecule has 0 unspecified atom stereocenters. The first-order valence-corrected chi connectivity index (χ1v) is 8.33. The van der Waals surface area contributed by atoms with Crippen LogP contribution in [0.4, 0.5) is 4.39 Å². The molecule has 0 radical (unpaired) electrons. The molecule has 2 rings (SSSR count). The van der Waals surface area contributed by atoms with Crippen molar-refractivity contribution in [2.45, 2.75) is 45.1 Å². The van der Waals surface area contributed by atoms with E-state index in [1.54, 1.807) is 17.0 Å². The summed E-state index contributed by atoms with van der Waals surface area (Å²) in [6.07, 6.45) is 3.17. The number of primary amides is 1. The predicted octanol–water partition coefficient (Wildman–Crippen LogP) is 2.27. The number of benzene rings is 1. The average molecular weight is 336 g/mol. The van der Waals surface area contributed by atoms with Crippen LogP contribution >= 0.6 is 0 Å². The van der Waals surface area contributed by atoms with Crippen molar-refractivity contribution in [3.63, 3.8) is 0 Å². The number of nitrogens with two attached hydrogens (primary N) is 1. The molecule has 2 N–H and O–H groups in total. The SMILES string of the molecule is COc1ccc(CCCC(=O)N2C[C@H](C(N)=O)CC[C@@H]2C)cc1F. The number of halogens is 1. The lowest BCUT2D eigenvalue weighted by Crippen LogP contribution is -2.48. The van der Waals surface area contributed by atoms with Gasteiger partial charge in [-0.15, -0.1) is 0 Å². The lowest BCUT2D eigenvalue weighted by atomic mass is 9.92. The topological polar surface area (TPSA) is 72.6 Å². The Kier molecular flexibility index (Phi) is 6.17. The Balaban J connectivity index is 1.86. The fourth-order valence-corrected chi connectivity index (χ4v) is 3.14. The zero-order valence-corrected chi connectivity index (χ0v) is 14.3. The molecular weight excluding hydrogens is 311 g/mol. The summed E-state index contributed by atoms with van der Waals surface area (Å²) in [6, 6.07) is 4.97. The van der Waals surface area contributed by atoms with Crippen LogP contribution in [0.15, 0.2) is 18.2 Å². The molecule has 24 heavy (non-hydrogen) atoms. The maximum Gasteiger partial charge on any atom is 0.222 e.